The number of aromatic nitrogens is 2. The summed E-state index contributed by atoms with van der Waals surface area (Å²) in [5.74, 6) is 1.09. The number of fused-ring (bicyclic) bond motifs is 1. The summed E-state index contributed by atoms with van der Waals surface area (Å²) >= 11 is 0. The topological polar surface area (TPSA) is 67.8 Å². The molecule has 0 aliphatic rings. The number of nitrogens with two attached hydrogens (primary N) is 1. The second-order valence-electron chi connectivity index (χ2n) is 4.25. The third-order valence-electron chi connectivity index (χ3n) is 3.18. The molecule has 0 aliphatic heterocycles. The lowest BCUT2D eigenvalue weighted by Gasteiger charge is -2.01. The normalized spacial score (nSPS) is 11.2. The SMILES string of the molecule is Cc1ccc2c(-c3cc(N)no3)c[nH]c2c1C. The quantitative estimate of drug-likeness (QED) is 0.671. The van der Waals surface area contributed by atoms with Crippen LogP contribution in [0, 0.1) is 13.8 Å². The third-order valence-corrected chi connectivity index (χ3v) is 3.18. The van der Waals surface area contributed by atoms with Gasteiger partial charge in [-0.2, -0.15) is 0 Å². The highest BCUT2D eigenvalue weighted by molar-refractivity contribution is 5.96. The molecular weight excluding hydrogens is 214 g/mol. The Bertz CT molecular complexity index is 694. The molecule has 17 heavy (non-hydrogen) atoms. The zero-order valence-electron chi connectivity index (χ0n) is 9.74. The first-order valence-corrected chi connectivity index (χ1v) is 5.46. The van der Waals surface area contributed by atoms with Crippen LogP contribution >= 0.6 is 0 Å². The Morgan fingerprint density at radius 2 is 2.12 bits per heavy atom. The fraction of sp³-hybridized carbons (Fsp3) is 0.154. The Morgan fingerprint density at radius 1 is 1.29 bits per heavy atom. The predicted molar refractivity (Wildman–Crippen MR) is 67.7 cm³/mol. The van der Waals surface area contributed by atoms with Crippen LogP contribution < -0.4 is 5.73 Å². The Balaban J connectivity index is 2.29. The zero-order chi connectivity index (χ0) is 12.0. The number of hydrogen-bond acceptors (Lipinski definition) is 3. The van der Waals surface area contributed by atoms with Gasteiger partial charge < -0.3 is 15.2 Å². The van der Waals surface area contributed by atoms with Gasteiger partial charge in [-0.1, -0.05) is 17.3 Å². The molecule has 2 aromatic heterocycles. The van der Waals surface area contributed by atoms with Crippen LogP contribution in [-0.4, -0.2) is 10.1 Å². The monoisotopic (exact) mass is 227 g/mol. The molecule has 0 bridgehead atoms. The van der Waals surface area contributed by atoms with E-state index in [4.69, 9.17) is 10.3 Å². The fourth-order valence-corrected chi connectivity index (χ4v) is 2.07. The zero-order valence-corrected chi connectivity index (χ0v) is 9.74. The number of anilines is 1. The molecule has 0 saturated heterocycles. The first-order chi connectivity index (χ1) is 8.16. The minimum absolute atomic E-state index is 0.401. The lowest BCUT2D eigenvalue weighted by atomic mass is 10.0. The average Bonchev–Trinajstić information content (AvgIpc) is 2.89. The van der Waals surface area contributed by atoms with E-state index >= 15 is 0 Å². The number of nitrogen functional groups attached to an aromatic ring is 1. The van der Waals surface area contributed by atoms with E-state index in [1.165, 1.54) is 11.1 Å². The average molecular weight is 227 g/mol. The van der Waals surface area contributed by atoms with Crippen molar-refractivity contribution in [2.45, 2.75) is 13.8 Å². The number of aromatic amines is 1. The van der Waals surface area contributed by atoms with E-state index < -0.39 is 0 Å². The van der Waals surface area contributed by atoms with E-state index in [0.717, 1.165) is 16.5 Å². The maximum atomic E-state index is 5.57. The molecule has 0 saturated carbocycles. The van der Waals surface area contributed by atoms with Crippen molar-refractivity contribution in [2.75, 3.05) is 5.73 Å². The van der Waals surface area contributed by atoms with Crippen LogP contribution in [0.1, 0.15) is 11.1 Å². The van der Waals surface area contributed by atoms with Gasteiger partial charge >= 0.3 is 0 Å². The molecule has 0 amide bonds. The summed E-state index contributed by atoms with van der Waals surface area (Å²) in [6.07, 6.45) is 1.93. The van der Waals surface area contributed by atoms with Gasteiger partial charge in [0.25, 0.3) is 0 Å². The van der Waals surface area contributed by atoms with Gasteiger partial charge in [-0.15, -0.1) is 0 Å². The lowest BCUT2D eigenvalue weighted by Crippen LogP contribution is -1.82. The Morgan fingerprint density at radius 3 is 2.82 bits per heavy atom. The van der Waals surface area contributed by atoms with Crippen molar-refractivity contribution in [3.05, 3.63) is 35.5 Å². The van der Waals surface area contributed by atoms with Gasteiger partial charge in [0.2, 0.25) is 0 Å². The number of hydrogen-bond donors (Lipinski definition) is 2. The Kier molecular flexibility index (Phi) is 1.98. The van der Waals surface area contributed by atoms with Crippen molar-refractivity contribution in [1.29, 1.82) is 0 Å². The van der Waals surface area contributed by atoms with E-state index in [1.54, 1.807) is 6.07 Å². The minimum Gasteiger partial charge on any atom is -0.381 e. The Labute approximate surface area is 98.4 Å². The summed E-state index contributed by atoms with van der Waals surface area (Å²) < 4.78 is 5.19. The molecule has 3 aromatic rings. The van der Waals surface area contributed by atoms with Crippen LogP contribution in [0.4, 0.5) is 5.82 Å². The van der Waals surface area contributed by atoms with Gasteiger partial charge in [-0.05, 0) is 25.0 Å². The number of rotatable bonds is 1. The van der Waals surface area contributed by atoms with Gasteiger partial charge in [-0.25, -0.2) is 0 Å². The molecule has 1 aromatic carbocycles. The number of H-pyrrole nitrogens is 1. The molecule has 0 fully saturated rings. The maximum Gasteiger partial charge on any atom is 0.171 e. The summed E-state index contributed by atoms with van der Waals surface area (Å²) in [4.78, 5) is 3.28. The van der Waals surface area contributed by atoms with Crippen LogP contribution in [0.25, 0.3) is 22.2 Å². The van der Waals surface area contributed by atoms with Crippen LogP contribution in [-0.2, 0) is 0 Å². The molecule has 4 nitrogen and oxygen atoms in total. The molecule has 3 rings (SSSR count). The fourth-order valence-electron chi connectivity index (χ4n) is 2.07. The van der Waals surface area contributed by atoms with Gasteiger partial charge in [0.05, 0.1) is 0 Å². The third kappa shape index (κ3) is 1.41. The van der Waals surface area contributed by atoms with E-state index in [9.17, 15) is 0 Å². The molecule has 86 valence electrons. The van der Waals surface area contributed by atoms with Crippen molar-refractivity contribution in [1.82, 2.24) is 10.1 Å². The molecule has 0 unspecified atom stereocenters. The summed E-state index contributed by atoms with van der Waals surface area (Å²) in [5.41, 5.74) is 10.2. The van der Waals surface area contributed by atoms with Crippen molar-refractivity contribution in [3.63, 3.8) is 0 Å². The number of benzene rings is 1. The van der Waals surface area contributed by atoms with E-state index in [-0.39, 0.29) is 0 Å². The highest BCUT2D eigenvalue weighted by Gasteiger charge is 2.12. The van der Waals surface area contributed by atoms with Gasteiger partial charge in [-0.3, -0.25) is 0 Å². The summed E-state index contributed by atoms with van der Waals surface area (Å²) in [5, 5.41) is 4.84. The summed E-state index contributed by atoms with van der Waals surface area (Å²) in [7, 11) is 0. The van der Waals surface area contributed by atoms with E-state index in [0.29, 0.717) is 11.6 Å². The van der Waals surface area contributed by atoms with Crippen molar-refractivity contribution < 1.29 is 4.52 Å². The van der Waals surface area contributed by atoms with Gasteiger partial charge in [0.1, 0.15) is 0 Å². The maximum absolute atomic E-state index is 5.57. The highest BCUT2D eigenvalue weighted by Crippen LogP contribution is 2.31. The smallest absolute Gasteiger partial charge is 0.171 e. The van der Waals surface area contributed by atoms with Gasteiger partial charge in [0.15, 0.2) is 11.6 Å². The van der Waals surface area contributed by atoms with Crippen molar-refractivity contribution >= 4 is 16.7 Å². The molecule has 3 N–H and O–H groups in total. The summed E-state index contributed by atoms with van der Waals surface area (Å²) in [6.45, 7) is 4.20. The molecule has 0 atom stereocenters. The van der Waals surface area contributed by atoms with Crippen molar-refractivity contribution in [2.24, 2.45) is 0 Å². The second kappa shape index (κ2) is 3.38. The minimum atomic E-state index is 0.401. The number of nitrogens with one attached hydrogen (secondary N) is 1. The van der Waals surface area contributed by atoms with Crippen LogP contribution in [0.15, 0.2) is 28.9 Å². The van der Waals surface area contributed by atoms with E-state index in [2.05, 4.69) is 36.1 Å². The van der Waals surface area contributed by atoms with Gasteiger partial charge in [0, 0.05) is 28.7 Å². The Hall–Kier alpha value is -2.23. The number of aryl methyl sites for hydroxylation is 2. The lowest BCUT2D eigenvalue weighted by molar-refractivity contribution is 0.436. The second-order valence-corrected chi connectivity index (χ2v) is 4.25. The molecule has 0 radical (unpaired) electrons. The molecule has 0 spiro atoms. The number of nitrogens with zero attached hydrogens (tertiary/aromatic N) is 1. The highest BCUT2D eigenvalue weighted by atomic mass is 16.5. The molecule has 4 heteroatoms. The first kappa shape index (κ1) is 9.96. The largest absolute Gasteiger partial charge is 0.381 e. The standard InChI is InChI=1S/C13H13N3O/c1-7-3-4-9-10(6-15-13(9)8(7)2)11-5-12(14)16-17-11/h3-6,15H,1-2H3,(H2,14,16). The molecule has 2 heterocycles. The van der Waals surface area contributed by atoms with Crippen LogP contribution in [0.2, 0.25) is 0 Å². The van der Waals surface area contributed by atoms with Crippen molar-refractivity contribution in [3.8, 4) is 11.3 Å². The summed E-state index contributed by atoms with van der Waals surface area (Å²) in [6, 6.07) is 5.93. The molecular formula is C13H13N3O. The molecule has 0 aliphatic carbocycles. The first-order valence-electron chi connectivity index (χ1n) is 5.46. The predicted octanol–water partition coefficient (Wildman–Crippen LogP) is 3.02. The van der Waals surface area contributed by atoms with Crippen LogP contribution in [0.3, 0.4) is 0 Å². The van der Waals surface area contributed by atoms with E-state index in [1.807, 2.05) is 6.20 Å². The van der Waals surface area contributed by atoms with Crippen LogP contribution in [0.5, 0.6) is 0 Å².